The number of aromatic hydroxyl groups is 1. The first kappa shape index (κ1) is 68.7. The second-order valence-corrected chi connectivity index (χ2v) is 21.2. The topological polar surface area (TPSA) is 193 Å². The number of hydrogen-bond donors (Lipinski definition) is 1. The number of anilines is 2. The standard InChI is InChI=1S/C27H19F8N3O5S.C19H16F3N3O4S.C8H4F6O/c1-41-18-4-3-15(22(10-18)42-2)13-38(25-5-6-36-14-37-25)44(39,40)24-12-20(28)23(11-21(24)29)43-19-8-16(26(30,31)32)7-17(9-19)27(33,34)35;1-28-13-4-3-12(17(7-13)29-2)10-25(19-5-6-23-11-24-19)30(26,27)18-9-15(21)14(20)8-16(18)22;9-7(10,11)4-1-5(8(12,13)14)3-6(15)2-4/h3-12,14H,13H2,1-2H3;3-9,11H,10H2,1-2H3;1-3,15H. The summed E-state index contributed by atoms with van der Waals surface area (Å²) < 4.78 is 304. The molecule has 0 spiro atoms. The number of alkyl halides is 12. The summed E-state index contributed by atoms with van der Waals surface area (Å²) in [5, 5.41) is 8.72. The molecule has 0 fully saturated rings. The van der Waals surface area contributed by atoms with E-state index in [0.29, 0.717) is 33.2 Å². The van der Waals surface area contributed by atoms with Gasteiger partial charge in [-0.3, -0.25) is 0 Å². The maximum absolute atomic E-state index is 15.3. The quantitative estimate of drug-likeness (QED) is 0.0709. The van der Waals surface area contributed by atoms with Crippen molar-refractivity contribution < 1.29 is 120 Å². The average Bonchev–Trinajstić information content (AvgIpc) is 1.14. The molecule has 0 unspecified atom stereocenters. The lowest BCUT2D eigenvalue weighted by atomic mass is 10.1. The van der Waals surface area contributed by atoms with Gasteiger partial charge in [-0.2, -0.15) is 52.7 Å². The lowest BCUT2D eigenvalue weighted by molar-refractivity contribution is -0.144. The number of sulfonamides is 2. The largest absolute Gasteiger partial charge is 0.508 e. The van der Waals surface area contributed by atoms with Crippen LogP contribution in [0.4, 0.5) is 86.3 Å². The van der Waals surface area contributed by atoms with Gasteiger partial charge in [0, 0.05) is 72.1 Å². The molecule has 0 amide bonds. The fourth-order valence-electron chi connectivity index (χ4n) is 7.49. The number of halogens is 17. The molecule has 6 aromatic carbocycles. The fraction of sp³-hybridized carbons (Fsp3) is 0.185. The SMILES string of the molecule is COc1ccc(CN(c2ccncn2)S(=O)(=O)c2cc(F)c(F)cc2F)c(OC)c1.COc1ccc(CN(c2ccncn2)S(=O)(=O)c2cc(F)c(Oc3cc(C(F)(F)F)cc(C(F)(F)F)c3)cc2F)c(OC)c1.Oc1cc(C(F)(F)F)cc(C(F)(F)F)c1. The van der Waals surface area contributed by atoms with Crippen LogP contribution >= 0.6 is 0 Å². The summed E-state index contributed by atoms with van der Waals surface area (Å²) >= 11 is 0. The molecule has 16 nitrogen and oxygen atoms in total. The zero-order valence-corrected chi connectivity index (χ0v) is 46.8. The molecule has 2 aromatic heterocycles. The third-order valence-corrected chi connectivity index (χ3v) is 15.2. The smallest absolute Gasteiger partial charge is 0.416 e. The maximum atomic E-state index is 15.3. The van der Waals surface area contributed by atoms with Crippen LogP contribution in [-0.4, -0.2) is 70.3 Å². The van der Waals surface area contributed by atoms with Crippen LogP contribution in [0, 0.1) is 29.1 Å². The van der Waals surface area contributed by atoms with Crippen molar-refractivity contribution in [3.63, 3.8) is 0 Å². The minimum absolute atomic E-state index is 0.0558. The second kappa shape index (κ2) is 27.3. The highest BCUT2D eigenvalue weighted by atomic mass is 32.2. The van der Waals surface area contributed by atoms with Crippen LogP contribution in [0.2, 0.25) is 0 Å². The van der Waals surface area contributed by atoms with Crippen LogP contribution in [-0.2, 0) is 57.8 Å². The molecule has 0 aliphatic rings. The van der Waals surface area contributed by atoms with Crippen molar-refractivity contribution in [3.8, 4) is 40.2 Å². The number of ether oxygens (including phenoxy) is 5. The fourth-order valence-corrected chi connectivity index (χ4v) is 10.4. The number of aromatic nitrogens is 4. The molecule has 89 heavy (non-hydrogen) atoms. The van der Waals surface area contributed by atoms with E-state index in [-0.39, 0.29) is 84.1 Å². The Morgan fingerprint density at radius 1 is 0.416 bits per heavy atom. The Morgan fingerprint density at radius 3 is 1.15 bits per heavy atom. The number of benzene rings is 6. The van der Waals surface area contributed by atoms with Crippen LogP contribution in [0.1, 0.15) is 33.4 Å². The zero-order chi connectivity index (χ0) is 66.2. The van der Waals surface area contributed by atoms with Gasteiger partial charge in [0.15, 0.2) is 23.2 Å². The van der Waals surface area contributed by atoms with E-state index in [1.165, 1.54) is 77.2 Å². The summed E-state index contributed by atoms with van der Waals surface area (Å²) in [7, 11) is -4.15. The van der Waals surface area contributed by atoms with Crippen molar-refractivity contribution in [1.29, 1.82) is 0 Å². The van der Waals surface area contributed by atoms with E-state index in [4.69, 9.17) is 28.8 Å². The highest BCUT2D eigenvalue weighted by molar-refractivity contribution is 7.93. The summed E-state index contributed by atoms with van der Waals surface area (Å²) in [6, 6.07) is 12.9. The molecule has 0 saturated carbocycles. The molecule has 35 heteroatoms. The Hall–Kier alpha value is -9.41. The molecule has 1 N–H and O–H groups in total. The lowest BCUT2D eigenvalue weighted by Gasteiger charge is -2.25. The van der Waals surface area contributed by atoms with Gasteiger partial charge in [-0.25, -0.2) is 67.3 Å². The Morgan fingerprint density at radius 2 is 0.787 bits per heavy atom. The third-order valence-electron chi connectivity index (χ3n) is 11.7. The Labute approximate surface area is 492 Å². The lowest BCUT2D eigenvalue weighted by Crippen LogP contribution is -2.32. The summed E-state index contributed by atoms with van der Waals surface area (Å²) in [6.07, 6.45) is -15.7. The first-order valence-electron chi connectivity index (χ1n) is 24.0. The first-order chi connectivity index (χ1) is 41.4. The van der Waals surface area contributed by atoms with E-state index in [2.05, 4.69) is 19.9 Å². The minimum Gasteiger partial charge on any atom is -0.508 e. The molecule has 0 aliphatic heterocycles. The molecule has 2 heterocycles. The van der Waals surface area contributed by atoms with Crippen LogP contribution < -0.4 is 32.3 Å². The number of phenolic OH excluding ortho intramolecular Hbond substituents is 1. The van der Waals surface area contributed by atoms with Crippen LogP contribution in [0.5, 0.6) is 40.2 Å². The van der Waals surface area contributed by atoms with E-state index in [9.17, 15) is 82.7 Å². The Bertz CT molecular complexity index is 3980. The molecular weight excluding hydrogens is 1280 g/mol. The number of nitrogens with zero attached hydrogens (tertiary/aromatic N) is 6. The molecule has 0 atom stereocenters. The van der Waals surface area contributed by atoms with E-state index in [0.717, 1.165) is 17.0 Å². The van der Waals surface area contributed by atoms with E-state index >= 15 is 8.78 Å². The van der Waals surface area contributed by atoms with E-state index in [1.54, 1.807) is 12.1 Å². The summed E-state index contributed by atoms with van der Waals surface area (Å²) in [5.41, 5.74) is -5.96. The normalized spacial score (nSPS) is 12.0. The van der Waals surface area contributed by atoms with Crippen molar-refractivity contribution >= 4 is 31.7 Å². The van der Waals surface area contributed by atoms with Gasteiger partial charge < -0.3 is 28.8 Å². The van der Waals surface area contributed by atoms with Crippen LogP contribution in [0.25, 0.3) is 0 Å². The van der Waals surface area contributed by atoms with Crippen LogP contribution in [0.3, 0.4) is 0 Å². The number of phenols is 1. The van der Waals surface area contributed by atoms with E-state index in [1.807, 2.05) is 0 Å². The number of rotatable bonds is 16. The van der Waals surface area contributed by atoms with Gasteiger partial charge >= 0.3 is 24.7 Å². The van der Waals surface area contributed by atoms with Gasteiger partial charge in [-0.1, -0.05) is 0 Å². The average molecular weight is 1320 g/mol. The van der Waals surface area contributed by atoms with Crippen molar-refractivity contribution in [2.24, 2.45) is 0 Å². The van der Waals surface area contributed by atoms with Gasteiger partial charge in [0.25, 0.3) is 20.0 Å². The van der Waals surface area contributed by atoms with Crippen LogP contribution in [0.15, 0.2) is 144 Å². The summed E-state index contributed by atoms with van der Waals surface area (Å²) in [4.78, 5) is 13.0. The Kier molecular flexibility index (Phi) is 21.1. The summed E-state index contributed by atoms with van der Waals surface area (Å²) in [5.74, 6) is -10.1. The van der Waals surface area contributed by atoms with Gasteiger partial charge in [-0.15, -0.1) is 0 Å². The predicted molar refractivity (Wildman–Crippen MR) is 277 cm³/mol. The molecule has 0 bridgehead atoms. The summed E-state index contributed by atoms with van der Waals surface area (Å²) in [6.45, 7) is -0.860. The van der Waals surface area contributed by atoms with Gasteiger partial charge in [0.1, 0.15) is 80.2 Å². The molecule has 8 aromatic rings. The van der Waals surface area contributed by atoms with Gasteiger partial charge in [0.05, 0.1) is 63.8 Å². The Balaban J connectivity index is 0.000000240. The number of hydrogen-bond acceptors (Lipinski definition) is 14. The van der Waals surface area contributed by atoms with Crippen molar-refractivity contribution in [1.82, 2.24) is 19.9 Å². The third kappa shape index (κ3) is 17.0. The molecule has 0 saturated heterocycles. The zero-order valence-electron chi connectivity index (χ0n) is 45.2. The van der Waals surface area contributed by atoms with Crippen molar-refractivity contribution in [3.05, 3.63) is 197 Å². The predicted octanol–water partition coefficient (Wildman–Crippen LogP) is 13.7. The molecule has 0 aliphatic carbocycles. The minimum atomic E-state index is -5.24. The molecule has 8 rings (SSSR count). The number of methoxy groups -OCH3 is 4. The molecule has 476 valence electrons. The van der Waals surface area contributed by atoms with Crippen molar-refractivity contribution in [2.45, 2.75) is 47.6 Å². The first-order valence-corrected chi connectivity index (χ1v) is 26.9. The molecule has 0 radical (unpaired) electrons. The maximum Gasteiger partial charge on any atom is 0.416 e. The molecular formula is C54H39F17N6O10S2. The van der Waals surface area contributed by atoms with Gasteiger partial charge in [0.2, 0.25) is 0 Å². The van der Waals surface area contributed by atoms with E-state index < -0.39 is 130 Å². The van der Waals surface area contributed by atoms with Gasteiger partial charge in [-0.05, 0) is 60.7 Å². The monoisotopic (exact) mass is 1320 g/mol. The highest BCUT2D eigenvalue weighted by Gasteiger charge is 2.40. The second-order valence-electron chi connectivity index (χ2n) is 17.5. The highest BCUT2D eigenvalue weighted by Crippen LogP contribution is 2.42. The van der Waals surface area contributed by atoms with Crippen molar-refractivity contribution in [2.75, 3.05) is 37.0 Å².